The van der Waals surface area contributed by atoms with Crippen molar-refractivity contribution in [3.63, 3.8) is 0 Å². The van der Waals surface area contributed by atoms with Gasteiger partial charge in [0.1, 0.15) is 0 Å². The second kappa shape index (κ2) is 8.41. The van der Waals surface area contributed by atoms with Gasteiger partial charge in [-0.15, -0.1) is 0 Å². The molecule has 0 spiro atoms. The molecule has 23 heavy (non-hydrogen) atoms. The van der Waals surface area contributed by atoms with E-state index in [1.165, 1.54) is 12.8 Å². The van der Waals surface area contributed by atoms with Crippen LogP contribution in [0.5, 0.6) is 0 Å². The third kappa shape index (κ3) is 4.75. The molecular weight excluding hydrogens is 299 g/mol. The normalized spacial score (nSPS) is 11.7. The van der Waals surface area contributed by atoms with Crippen molar-refractivity contribution in [3.8, 4) is 0 Å². The fourth-order valence-corrected chi connectivity index (χ4v) is 5.19. The van der Waals surface area contributed by atoms with Gasteiger partial charge in [-0.05, 0) is 17.0 Å². The van der Waals surface area contributed by atoms with E-state index in [4.69, 9.17) is 0 Å². The highest BCUT2D eigenvalue weighted by Gasteiger charge is 2.34. The first kappa shape index (κ1) is 17.9. The lowest BCUT2D eigenvalue weighted by Gasteiger charge is -2.29. The third-order valence-electron chi connectivity index (χ3n) is 4.22. The maximum atomic E-state index is 13.4. The van der Waals surface area contributed by atoms with Gasteiger partial charge in [-0.1, -0.05) is 101 Å². The van der Waals surface area contributed by atoms with E-state index in [-0.39, 0.29) is 5.41 Å². The molecule has 0 unspecified atom stereocenters. The van der Waals surface area contributed by atoms with Crippen molar-refractivity contribution in [2.45, 2.75) is 46.5 Å². The molecular formula is C21H27OP. The minimum absolute atomic E-state index is 0.271. The second-order valence-electron chi connectivity index (χ2n) is 6.65. The molecule has 0 radical (unpaired) electrons. The van der Waals surface area contributed by atoms with Gasteiger partial charge >= 0.3 is 0 Å². The average molecular weight is 326 g/mol. The lowest BCUT2D eigenvalue weighted by molar-refractivity contribution is -0.118. The summed E-state index contributed by atoms with van der Waals surface area (Å²) in [4.78, 5) is 13.4. The van der Waals surface area contributed by atoms with Crippen LogP contribution in [0, 0.1) is 5.41 Å². The lowest BCUT2D eigenvalue weighted by atomic mass is 9.88. The summed E-state index contributed by atoms with van der Waals surface area (Å²) in [6.07, 6.45) is 4.49. The summed E-state index contributed by atoms with van der Waals surface area (Å²) in [5, 5.41) is 2.31. The predicted octanol–water partition coefficient (Wildman–Crippen LogP) is 5.25. The Bertz CT molecular complexity index is 565. The van der Waals surface area contributed by atoms with Crippen molar-refractivity contribution in [3.05, 3.63) is 60.7 Å². The van der Waals surface area contributed by atoms with E-state index in [1.54, 1.807) is 0 Å². The highest BCUT2D eigenvalue weighted by molar-refractivity contribution is 7.87. The number of unbranched alkanes of at least 4 members (excludes halogenated alkanes) is 2. The van der Waals surface area contributed by atoms with Gasteiger partial charge in [0.25, 0.3) is 0 Å². The van der Waals surface area contributed by atoms with Crippen LogP contribution in [0.15, 0.2) is 60.7 Å². The predicted molar refractivity (Wildman–Crippen MR) is 102 cm³/mol. The molecule has 0 saturated carbocycles. The Hall–Kier alpha value is -1.46. The lowest BCUT2D eigenvalue weighted by Crippen LogP contribution is -2.29. The summed E-state index contributed by atoms with van der Waals surface area (Å²) in [6, 6.07) is 20.5. The van der Waals surface area contributed by atoms with Crippen LogP contribution >= 0.6 is 7.92 Å². The monoisotopic (exact) mass is 326 g/mol. The topological polar surface area (TPSA) is 17.1 Å². The average Bonchev–Trinajstić information content (AvgIpc) is 2.57. The van der Waals surface area contributed by atoms with Crippen LogP contribution in [0.3, 0.4) is 0 Å². The first-order valence-electron chi connectivity index (χ1n) is 8.51. The quantitative estimate of drug-likeness (QED) is 0.478. The Labute approximate surface area is 141 Å². The van der Waals surface area contributed by atoms with Gasteiger partial charge < -0.3 is 0 Å². The zero-order valence-corrected chi connectivity index (χ0v) is 15.4. The van der Waals surface area contributed by atoms with Gasteiger partial charge in [-0.2, -0.15) is 0 Å². The molecule has 1 nitrogen and oxygen atoms in total. The van der Waals surface area contributed by atoms with Gasteiger partial charge in [0.15, 0.2) is 5.52 Å². The van der Waals surface area contributed by atoms with Crippen LogP contribution in [-0.2, 0) is 4.79 Å². The van der Waals surface area contributed by atoms with E-state index in [9.17, 15) is 4.79 Å². The van der Waals surface area contributed by atoms with E-state index < -0.39 is 7.92 Å². The molecule has 0 aliphatic heterocycles. The van der Waals surface area contributed by atoms with Crippen molar-refractivity contribution in [1.82, 2.24) is 0 Å². The van der Waals surface area contributed by atoms with Gasteiger partial charge in [-0.3, -0.25) is 4.79 Å². The maximum absolute atomic E-state index is 13.4. The molecule has 0 bridgehead atoms. The molecule has 0 saturated heterocycles. The van der Waals surface area contributed by atoms with Crippen LogP contribution in [0.1, 0.15) is 46.5 Å². The number of carbonyl (C=O) groups is 1. The highest BCUT2D eigenvalue weighted by atomic mass is 31.1. The summed E-state index contributed by atoms with van der Waals surface area (Å²) < 4.78 is 0. The fourth-order valence-electron chi connectivity index (χ4n) is 2.76. The standard InChI is InChI=1S/C21H27OP/c1-4-5-12-17-21(2,3)20(22)23(18-13-8-6-9-14-18)19-15-10-7-11-16-19/h6-11,13-16H,4-5,12,17H2,1-3H3. The number of rotatable bonds is 8. The van der Waals surface area contributed by atoms with E-state index >= 15 is 0 Å². The molecule has 0 amide bonds. The Balaban J connectivity index is 2.32. The second-order valence-corrected chi connectivity index (χ2v) is 8.76. The molecule has 0 N–H and O–H groups in total. The van der Waals surface area contributed by atoms with Crippen molar-refractivity contribution in [2.24, 2.45) is 5.41 Å². The van der Waals surface area contributed by atoms with Crippen LogP contribution in [0.4, 0.5) is 0 Å². The molecule has 0 aliphatic carbocycles. The molecule has 0 aromatic heterocycles. The SMILES string of the molecule is CCCCCC(C)(C)C(=O)P(c1ccccc1)c1ccccc1. The number of benzene rings is 2. The summed E-state index contributed by atoms with van der Waals surface area (Å²) >= 11 is 0. The van der Waals surface area contributed by atoms with Crippen molar-refractivity contribution in [2.75, 3.05) is 0 Å². The number of hydrogen-bond acceptors (Lipinski definition) is 1. The smallest absolute Gasteiger partial charge is 0.168 e. The molecule has 2 aromatic rings. The van der Waals surface area contributed by atoms with Crippen LogP contribution in [-0.4, -0.2) is 5.52 Å². The van der Waals surface area contributed by atoms with E-state index in [1.807, 2.05) is 36.4 Å². The fraction of sp³-hybridized carbons (Fsp3) is 0.381. The third-order valence-corrected chi connectivity index (χ3v) is 6.86. The van der Waals surface area contributed by atoms with Crippen molar-refractivity contribution >= 4 is 24.1 Å². The van der Waals surface area contributed by atoms with Gasteiger partial charge in [-0.25, -0.2) is 0 Å². The number of carbonyl (C=O) groups excluding carboxylic acids is 1. The first-order valence-corrected chi connectivity index (χ1v) is 9.85. The Morgan fingerprint density at radius 3 is 1.78 bits per heavy atom. The summed E-state index contributed by atoms with van der Waals surface area (Å²) in [7, 11) is -0.960. The Morgan fingerprint density at radius 2 is 1.35 bits per heavy atom. The summed E-state index contributed by atoms with van der Waals surface area (Å²) in [5.74, 6) is 0. The Kier molecular flexibility index (Phi) is 6.54. The molecule has 0 fully saturated rings. The summed E-state index contributed by atoms with van der Waals surface area (Å²) in [5.41, 5.74) is 0.119. The largest absolute Gasteiger partial charge is 0.293 e. The van der Waals surface area contributed by atoms with Crippen molar-refractivity contribution < 1.29 is 4.79 Å². The highest BCUT2D eigenvalue weighted by Crippen LogP contribution is 2.44. The Morgan fingerprint density at radius 1 is 0.870 bits per heavy atom. The van der Waals surface area contributed by atoms with Crippen LogP contribution in [0.25, 0.3) is 0 Å². The zero-order valence-electron chi connectivity index (χ0n) is 14.5. The summed E-state index contributed by atoms with van der Waals surface area (Å²) in [6.45, 7) is 6.44. The minimum Gasteiger partial charge on any atom is -0.293 e. The van der Waals surface area contributed by atoms with Crippen molar-refractivity contribution in [1.29, 1.82) is 0 Å². The molecule has 2 rings (SSSR count). The zero-order chi connectivity index (χ0) is 16.7. The molecule has 0 atom stereocenters. The van der Waals surface area contributed by atoms with E-state index in [0.29, 0.717) is 5.52 Å². The van der Waals surface area contributed by atoms with Crippen LogP contribution in [0.2, 0.25) is 0 Å². The van der Waals surface area contributed by atoms with Gasteiger partial charge in [0, 0.05) is 13.3 Å². The first-order chi connectivity index (χ1) is 11.1. The molecule has 0 heterocycles. The molecule has 2 heteroatoms. The molecule has 2 aromatic carbocycles. The van der Waals surface area contributed by atoms with E-state index in [2.05, 4.69) is 45.0 Å². The van der Waals surface area contributed by atoms with Gasteiger partial charge in [0.2, 0.25) is 0 Å². The minimum atomic E-state index is -0.960. The van der Waals surface area contributed by atoms with E-state index in [0.717, 1.165) is 23.5 Å². The van der Waals surface area contributed by atoms with Gasteiger partial charge in [0.05, 0.1) is 0 Å². The molecule has 0 aliphatic rings. The molecule has 122 valence electrons. The van der Waals surface area contributed by atoms with Crippen LogP contribution < -0.4 is 10.6 Å². The number of hydrogen-bond donors (Lipinski definition) is 0. The maximum Gasteiger partial charge on any atom is 0.168 e.